The number of carbonyl (C=O) groups excluding carboxylic acids is 1. The Labute approximate surface area is 225 Å². The largest absolute Gasteiger partial charge is 0.378 e. The maximum absolute atomic E-state index is 12.6. The Morgan fingerprint density at radius 2 is 1.78 bits per heavy atom. The predicted molar refractivity (Wildman–Crippen MR) is 150 cm³/mol. The minimum atomic E-state index is -0.206. The van der Waals surface area contributed by atoms with Crippen LogP contribution in [0.15, 0.2) is 52.6 Å². The van der Waals surface area contributed by atoms with E-state index in [1.165, 1.54) is 11.8 Å². The number of rotatable bonds is 3. The number of likely N-dealkylation sites (N-methyl/N-ethyl adjacent to an activating group) is 1. The summed E-state index contributed by atoms with van der Waals surface area (Å²) in [6.45, 7) is 6.76. The first-order valence-corrected chi connectivity index (χ1v) is 13.6. The van der Waals surface area contributed by atoms with Gasteiger partial charge in [-0.15, -0.1) is 0 Å². The van der Waals surface area contributed by atoms with Gasteiger partial charge >= 0.3 is 0 Å². The number of fused-ring (bicyclic) bond motifs is 1. The monoisotopic (exact) mass is 534 g/mol. The summed E-state index contributed by atoms with van der Waals surface area (Å²) in [6.07, 6.45) is 3.47. The topological polar surface area (TPSA) is 74.2 Å². The summed E-state index contributed by atoms with van der Waals surface area (Å²) >= 11 is 8.18. The minimum Gasteiger partial charge on any atom is -0.378 e. The van der Waals surface area contributed by atoms with Crippen molar-refractivity contribution < 1.29 is 9.53 Å². The van der Waals surface area contributed by atoms with Gasteiger partial charge in [0.15, 0.2) is 5.17 Å². The van der Waals surface area contributed by atoms with E-state index in [0.717, 1.165) is 77.8 Å². The van der Waals surface area contributed by atoms with Crippen molar-refractivity contribution in [3.63, 3.8) is 0 Å². The first-order chi connectivity index (χ1) is 18.0. The molecule has 8 nitrogen and oxygen atoms in total. The molecule has 0 N–H and O–H groups in total. The molecule has 2 fully saturated rings. The first-order valence-electron chi connectivity index (χ1n) is 12.4. The van der Waals surface area contributed by atoms with Crippen molar-refractivity contribution in [1.82, 2.24) is 19.8 Å². The van der Waals surface area contributed by atoms with Crippen LogP contribution in [0.2, 0.25) is 5.02 Å². The van der Waals surface area contributed by atoms with Gasteiger partial charge in [0, 0.05) is 50.2 Å². The van der Waals surface area contributed by atoms with Gasteiger partial charge in [0.2, 0.25) is 0 Å². The van der Waals surface area contributed by atoms with Gasteiger partial charge < -0.3 is 19.4 Å². The zero-order valence-electron chi connectivity index (χ0n) is 20.6. The number of halogens is 1. The molecule has 4 heterocycles. The average molecular weight is 535 g/mol. The van der Waals surface area contributed by atoms with Gasteiger partial charge in [-0.25, -0.2) is 9.97 Å². The molecular formula is C27H27ClN6O2S. The summed E-state index contributed by atoms with van der Waals surface area (Å²) in [7, 11) is 2.14. The summed E-state index contributed by atoms with van der Waals surface area (Å²) in [5, 5.41) is 2.37. The van der Waals surface area contributed by atoms with Crippen molar-refractivity contribution in [2.45, 2.75) is 0 Å². The van der Waals surface area contributed by atoms with Crippen molar-refractivity contribution in [1.29, 1.82) is 0 Å². The van der Waals surface area contributed by atoms with E-state index in [4.69, 9.17) is 16.3 Å². The Kier molecular flexibility index (Phi) is 6.86. The molecule has 2 saturated heterocycles. The number of carbonyl (C=O) groups is 1. The molecule has 0 radical (unpaired) electrons. The zero-order valence-corrected chi connectivity index (χ0v) is 22.1. The van der Waals surface area contributed by atoms with Crippen LogP contribution in [0.1, 0.15) is 5.56 Å². The molecule has 1 amide bonds. The molecule has 0 aliphatic carbocycles. The van der Waals surface area contributed by atoms with Gasteiger partial charge in [-0.2, -0.15) is 4.99 Å². The molecule has 1 aromatic heterocycles. The molecule has 0 spiro atoms. The van der Waals surface area contributed by atoms with Crippen molar-refractivity contribution in [3.8, 4) is 11.3 Å². The van der Waals surface area contributed by atoms with Crippen LogP contribution in [0.4, 0.5) is 5.69 Å². The van der Waals surface area contributed by atoms with Crippen LogP contribution in [0.3, 0.4) is 0 Å². The van der Waals surface area contributed by atoms with Gasteiger partial charge in [-0.3, -0.25) is 4.79 Å². The fourth-order valence-corrected chi connectivity index (χ4v) is 6.06. The van der Waals surface area contributed by atoms with Gasteiger partial charge in [0.1, 0.15) is 6.33 Å². The second kappa shape index (κ2) is 10.4. The lowest BCUT2D eigenvalue weighted by molar-refractivity contribution is -0.113. The number of morpholine rings is 1. The average Bonchev–Trinajstić information content (AvgIpc) is 3.29. The highest BCUT2D eigenvalue weighted by atomic mass is 35.5. The maximum atomic E-state index is 12.6. The van der Waals surface area contributed by atoms with E-state index in [2.05, 4.69) is 48.8 Å². The Morgan fingerprint density at radius 3 is 2.57 bits per heavy atom. The van der Waals surface area contributed by atoms with E-state index in [-0.39, 0.29) is 5.91 Å². The third-order valence-corrected chi connectivity index (χ3v) is 8.26. The molecule has 0 atom stereocenters. The van der Waals surface area contributed by atoms with Crippen LogP contribution in [-0.4, -0.2) is 90.4 Å². The number of amidine groups is 1. The number of anilines is 1. The first kappa shape index (κ1) is 24.4. The Morgan fingerprint density at radius 1 is 0.973 bits per heavy atom. The molecule has 0 bridgehead atoms. The number of hydrogen-bond donors (Lipinski definition) is 0. The third-order valence-electron chi connectivity index (χ3n) is 6.91. The fourth-order valence-electron chi connectivity index (χ4n) is 4.79. The molecule has 3 aliphatic heterocycles. The summed E-state index contributed by atoms with van der Waals surface area (Å²) in [5.74, 6) is -0.206. The molecular weight excluding hydrogens is 508 g/mol. The number of ether oxygens (including phenoxy) is 1. The van der Waals surface area contributed by atoms with Gasteiger partial charge in [0.05, 0.1) is 40.0 Å². The molecule has 6 rings (SSSR count). The summed E-state index contributed by atoms with van der Waals surface area (Å²) in [5.41, 5.74) is 4.53. The lowest BCUT2D eigenvalue weighted by atomic mass is 10.0. The highest BCUT2D eigenvalue weighted by molar-refractivity contribution is 8.18. The van der Waals surface area contributed by atoms with Crippen LogP contribution in [0.5, 0.6) is 0 Å². The SMILES string of the molecule is CN1CCN(c2ccc(-c3ncnc4ccc(/C=C5\SC(N6CCOCC6)=NC5=O)cc34)cc2Cl)CC1. The number of hydrogen-bond acceptors (Lipinski definition) is 8. The molecule has 190 valence electrons. The maximum Gasteiger partial charge on any atom is 0.286 e. The van der Waals surface area contributed by atoms with Crippen molar-refractivity contribution in [2.75, 3.05) is 64.4 Å². The van der Waals surface area contributed by atoms with Crippen molar-refractivity contribution >= 4 is 57.1 Å². The van der Waals surface area contributed by atoms with Crippen molar-refractivity contribution in [2.24, 2.45) is 4.99 Å². The molecule has 0 unspecified atom stereocenters. The number of aliphatic imine (C=N–C) groups is 1. The van der Waals surface area contributed by atoms with Gasteiger partial charge in [-0.1, -0.05) is 23.7 Å². The van der Waals surface area contributed by atoms with Gasteiger partial charge in [0.25, 0.3) is 5.91 Å². The molecule has 3 aliphatic rings. The van der Waals surface area contributed by atoms with Crippen LogP contribution in [-0.2, 0) is 9.53 Å². The second-order valence-electron chi connectivity index (χ2n) is 9.36. The number of nitrogens with zero attached hydrogens (tertiary/aromatic N) is 6. The molecule has 3 aromatic rings. The zero-order chi connectivity index (χ0) is 25.4. The van der Waals surface area contributed by atoms with E-state index in [9.17, 15) is 4.79 Å². The predicted octanol–water partition coefficient (Wildman–Crippen LogP) is 4.00. The van der Waals surface area contributed by atoms with E-state index in [1.807, 2.05) is 30.3 Å². The minimum absolute atomic E-state index is 0.206. The lowest BCUT2D eigenvalue weighted by Gasteiger charge is -2.34. The Balaban J connectivity index is 1.28. The third kappa shape index (κ3) is 5.09. The van der Waals surface area contributed by atoms with E-state index in [1.54, 1.807) is 6.33 Å². The highest BCUT2D eigenvalue weighted by Crippen LogP contribution is 2.35. The smallest absolute Gasteiger partial charge is 0.286 e. The number of aromatic nitrogens is 2. The van der Waals surface area contributed by atoms with E-state index < -0.39 is 0 Å². The molecule has 2 aromatic carbocycles. The summed E-state index contributed by atoms with van der Waals surface area (Å²) in [4.78, 5) is 33.3. The van der Waals surface area contributed by atoms with Crippen LogP contribution in [0, 0.1) is 0 Å². The number of amides is 1. The summed E-state index contributed by atoms with van der Waals surface area (Å²) < 4.78 is 5.42. The fraction of sp³-hybridized carbons (Fsp3) is 0.333. The van der Waals surface area contributed by atoms with Crippen molar-refractivity contribution in [3.05, 3.63) is 58.2 Å². The molecule has 37 heavy (non-hydrogen) atoms. The normalized spacial score (nSPS) is 20.2. The van der Waals surface area contributed by atoms with Gasteiger partial charge in [-0.05, 0) is 54.7 Å². The van der Waals surface area contributed by atoms with E-state index >= 15 is 0 Å². The van der Waals surface area contributed by atoms with Crippen LogP contribution >= 0.6 is 23.4 Å². The second-order valence-corrected chi connectivity index (χ2v) is 10.8. The lowest BCUT2D eigenvalue weighted by Crippen LogP contribution is -2.44. The molecule has 0 saturated carbocycles. The number of benzene rings is 2. The highest BCUT2D eigenvalue weighted by Gasteiger charge is 2.27. The Hall–Kier alpha value is -2.98. The molecule has 10 heteroatoms. The number of piperazine rings is 1. The quantitative estimate of drug-likeness (QED) is 0.467. The number of thioether (sulfide) groups is 1. The Bertz CT molecular complexity index is 1410. The summed E-state index contributed by atoms with van der Waals surface area (Å²) in [6, 6.07) is 12.1. The van der Waals surface area contributed by atoms with Crippen LogP contribution in [0.25, 0.3) is 28.2 Å². The van der Waals surface area contributed by atoms with E-state index in [0.29, 0.717) is 23.1 Å². The van der Waals surface area contributed by atoms with Crippen LogP contribution < -0.4 is 4.90 Å². The standard InChI is InChI=1S/C27H27ClN6O2S/c1-32-6-8-33(9-7-32)23-5-3-19(16-21(23)28)25-20-14-18(2-4-22(20)29-17-30-25)15-24-26(35)31-27(37-24)34-10-12-36-13-11-34/h2-5,14-17H,6-13H2,1H3/b24-15-.